The van der Waals surface area contributed by atoms with Crippen molar-refractivity contribution in [2.24, 2.45) is 0 Å². The monoisotopic (exact) mass is 350 g/mol. The lowest BCUT2D eigenvalue weighted by atomic mass is 10.2. The highest BCUT2D eigenvalue weighted by Gasteiger charge is 2.11. The van der Waals surface area contributed by atoms with Crippen molar-refractivity contribution >= 4 is 35.0 Å². The fourth-order valence-corrected chi connectivity index (χ4v) is 2.16. The van der Waals surface area contributed by atoms with Crippen LogP contribution in [0.1, 0.15) is 27.6 Å². The number of hydrogen-bond acceptors (Lipinski definition) is 2. The van der Waals surface area contributed by atoms with E-state index in [0.29, 0.717) is 27.7 Å². The van der Waals surface area contributed by atoms with Gasteiger partial charge in [-0.05, 0) is 55.5 Å². The van der Waals surface area contributed by atoms with Crippen molar-refractivity contribution < 1.29 is 9.59 Å². The van der Waals surface area contributed by atoms with Crippen molar-refractivity contribution in [3.8, 4) is 0 Å². The molecule has 0 fully saturated rings. The Balaban J connectivity index is 1.83. The second-order valence-corrected chi connectivity index (χ2v) is 5.97. The molecule has 2 rings (SSSR count). The van der Waals surface area contributed by atoms with Gasteiger partial charge in [0.15, 0.2) is 0 Å². The van der Waals surface area contributed by atoms with E-state index in [1.54, 1.807) is 48.5 Å². The highest BCUT2D eigenvalue weighted by molar-refractivity contribution is 6.31. The Morgan fingerprint density at radius 2 is 1.30 bits per heavy atom. The van der Waals surface area contributed by atoms with E-state index in [0.717, 1.165) is 0 Å². The molecule has 1 atom stereocenters. The molecular formula is C17H16Cl2N2O2. The Morgan fingerprint density at radius 1 is 0.870 bits per heavy atom. The van der Waals surface area contributed by atoms with Gasteiger partial charge in [0.2, 0.25) is 0 Å². The van der Waals surface area contributed by atoms with E-state index in [1.165, 1.54) is 0 Å². The van der Waals surface area contributed by atoms with Crippen molar-refractivity contribution in [3.05, 3.63) is 69.7 Å². The topological polar surface area (TPSA) is 58.2 Å². The van der Waals surface area contributed by atoms with E-state index in [9.17, 15) is 9.59 Å². The molecule has 4 nitrogen and oxygen atoms in total. The van der Waals surface area contributed by atoms with Crippen LogP contribution in [0.15, 0.2) is 48.5 Å². The predicted molar refractivity (Wildman–Crippen MR) is 92.2 cm³/mol. The number of hydrogen-bond donors (Lipinski definition) is 2. The van der Waals surface area contributed by atoms with Crippen LogP contribution >= 0.6 is 23.2 Å². The average molecular weight is 351 g/mol. The van der Waals surface area contributed by atoms with Gasteiger partial charge in [-0.2, -0.15) is 0 Å². The molecule has 2 amide bonds. The highest BCUT2D eigenvalue weighted by atomic mass is 35.5. The Bertz CT molecular complexity index is 685. The zero-order valence-corrected chi connectivity index (χ0v) is 14.0. The number of rotatable bonds is 5. The maximum Gasteiger partial charge on any atom is 0.251 e. The normalized spacial score (nSPS) is 11.6. The lowest BCUT2D eigenvalue weighted by Crippen LogP contribution is -2.41. The molecule has 0 aliphatic heterocycles. The third-order valence-electron chi connectivity index (χ3n) is 3.16. The lowest BCUT2D eigenvalue weighted by molar-refractivity contribution is 0.0912. The fourth-order valence-electron chi connectivity index (χ4n) is 1.91. The summed E-state index contributed by atoms with van der Waals surface area (Å²) >= 11 is 11.6. The van der Waals surface area contributed by atoms with Gasteiger partial charge >= 0.3 is 0 Å². The Kier molecular flexibility index (Phi) is 6.02. The molecule has 0 aliphatic rings. The number of carbonyl (C=O) groups excluding carboxylic acids is 2. The van der Waals surface area contributed by atoms with Crippen LogP contribution in [-0.2, 0) is 0 Å². The van der Waals surface area contributed by atoms with Gasteiger partial charge in [-0.25, -0.2) is 0 Å². The van der Waals surface area contributed by atoms with Crippen molar-refractivity contribution in [2.75, 3.05) is 6.54 Å². The van der Waals surface area contributed by atoms with Gasteiger partial charge in [0.1, 0.15) is 0 Å². The molecule has 2 N–H and O–H groups in total. The number of halogens is 2. The SMILES string of the molecule is C[C@@H](CNC(=O)c1ccc(Cl)cc1)NC(=O)c1ccc(Cl)cc1. The molecule has 0 saturated carbocycles. The van der Waals surface area contributed by atoms with Crippen LogP contribution in [0, 0.1) is 0 Å². The molecule has 6 heteroatoms. The molecule has 2 aromatic rings. The van der Waals surface area contributed by atoms with Crippen LogP contribution in [0.5, 0.6) is 0 Å². The third kappa shape index (κ3) is 5.27. The first-order valence-electron chi connectivity index (χ1n) is 7.06. The minimum Gasteiger partial charge on any atom is -0.350 e. The zero-order valence-electron chi connectivity index (χ0n) is 12.5. The summed E-state index contributed by atoms with van der Waals surface area (Å²) in [5.41, 5.74) is 1.04. The van der Waals surface area contributed by atoms with Crippen LogP contribution in [0.25, 0.3) is 0 Å². The summed E-state index contributed by atoms with van der Waals surface area (Å²) < 4.78 is 0. The summed E-state index contributed by atoms with van der Waals surface area (Å²) in [5, 5.41) is 6.73. The van der Waals surface area contributed by atoms with Crippen molar-refractivity contribution in [1.29, 1.82) is 0 Å². The molecule has 2 aromatic carbocycles. The summed E-state index contributed by atoms with van der Waals surface area (Å²) in [7, 11) is 0. The molecule has 23 heavy (non-hydrogen) atoms. The second kappa shape index (κ2) is 7.99. The number of nitrogens with one attached hydrogen (secondary N) is 2. The molecule has 0 bridgehead atoms. The van der Waals surface area contributed by atoms with Gasteiger partial charge in [-0.3, -0.25) is 9.59 Å². The minimum absolute atomic E-state index is 0.213. The van der Waals surface area contributed by atoms with Gasteiger partial charge in [0.05, 0.1) is 0 Å². The molecule has 0 aromatic heterocycles. The van der Waals surface area contributed by atoms with E-state index in [-0.39, 0.29) is 17.9 Å². The molecule has 0 aliphatic carbocycles. The van der Waals surface area contributed by atoms with E-state index in [2.05, 4.69) is 10.6 Å². The Morgan fingerprint density at radius 3 is 1.78 bits per heavy atom. The van der Waals surface area contributed by atoms with Gasteiger partial charge in [-0.1, -0.05) is 23.2 Å². The first-order valence-corrected chi connectivity index (χ1v) is 7.81. The standard InChI is InChI=1S/C17H16Cl2N2O2/c1-11(21-17(23)13-4-8-15(19)9-5-13)10-20-16(22)12-2-6-14(18)7-3-12/h2-9,11H,10H2,1H3,(H,20,22)(H,21,23)/t11-/m0/s1. The third-order valence-corrected chi connectivity index (χ3v) is 3.66. The maximum atomic E-state index is 12.0. The molecule has 0 spiro atoms. The van der Waals surface area contributed by atoms with Crippen LogP contribution in [0.4, 0.5) is 0 Å². The van der Waals surface area contributed by atoms with E-state index < -0.39 is 0 Å². The van der Waals surface area contributed by atoms with Gasteiger partial charge in [0.25, 0.3) is 11.8 Å². The van der Waals surface area contributed by atoms with Gasteiger partial charge < -0.3 is 10.6 Å². The lowest BCUT2D eigenvalue weighted by Gasteiger charge is -2.15. The van der Waals surface area contributed by atoms with E-state index in [4.69, 9.17) is 23.2 Å². The minimum atomic E-state index is -0.214. The smallest absolute Gasteiger partial charge is 0.251 e. The molecule has 120 valence electrons. The summed E-state index contributed by atoms with van der Waals surface area (Å²) in [5.74, 6) is -0.427. The molecule has 0 unspecified atom stereocenters. The van der Waals surface area contributed by atoms with Crippen LogP contribution < -0.4 is 10.6 Å². The van der Waals surface area contributed by atoms with Crippen molar-refractivity contribution in [2.45, 2.75) is 13.0 Å². The molecule has 0 heterocycles. The fraction of sp³-hybridized carbons (Fsp3) is 0.176. The van der Waals surface area contributed by atoms with Crippen molar-refractivity contribution in [3.63, 3.8) is 0 Å². The van der Waals surface area contributed by atoms with E-state index in [1.807, 2.05) is 6.92 Å². The van der Waals surface area contributed by atoms with Crippen molar-refractivity contribution in [1.82, 2.24) is 10.6 Å². The molecule has 0 saturated heterocycles. The molecule has 0 radical (unpaired) electrons. The summed E-state index contributed by atoms with van der Waals surface area (Å²) in [6.07, 6.45) is 0. The van der Waals surface area contributed by atoms with E-state index >= 15 is 0 Å². The highest BCUT2D eigenvalue weighted by Crippen LogP contribution is 2.10. The summed E-state index contributed by atoms with van der Waals surface area (Å²) in [4.78, 5) is 24.0. The van der Waals surface area contributed by atoms with Gasteiger partial charge in [-0.15, -0.1) is 0 Å². The summed E-state index contributed by atoms with van der Waals surface area (Å²) in [6.45, 7) is 2.14. The largest absolute Gasteiger partial charge is 0.350 e. The van der Waals surface area contributed by atoms with Crippen LogP contribution in [0.3, 0.4) is 0 Å². The zero-order chi connectivity index (χ0) is 16.8. The first kappa shape index (κ1) is 17.3. The Labute approximate surface area is 144 Å². The number of benzene rings is 2. The van der Waals surface area contributed by atoms with Crippen LogP contribution in [0.2, 0.25) is 10.0 Å². The molecular weight excluding hydrogens is 335 g/mol. The Hall–Kier alpha value is -2.04. The summed E-state index contributed by atoms with van der Waals surface area (Å²) in [6, 6.07) is 13.0. The number of carbonyl (C=O) groups is 2. The predicted octanol–water partition coefficient (Wildman–Crippen LogP) is 3.54. The van der Waals surface area contributed by atoms with Crippen LogP contribution in [-0.4, -0.2) is 24.4 Å². The van der Waals surface area contributed by atoms with Gasteiger partial charge in [0, 0.05) is 33.8 Å². The quantitative estimate of drug-likeness (QED) is 0.866. The number of amides is 2. The average Bonchev–Trinajstić information content (AvgIpc) is 2.54. The first-order chi connectivity index (χ1) is 11.0. The maximum absolute atomic E-state index is 12.0. The second-order valence-electron chi connectivity index (χ2n) is 5.10.